The van der Waals surface area contributed by atoms with Crippen LogP contribution in [0.25, 0.3) is 0 Å². The van der Waals surface area contributed by atoms with Crippen LogP contribution in [0.2, 0.25) is 0 Å². The number of methoxy groups -OCH3 is 1. The Hall–Kier alpha value is -0.970. The van der Waals surface area contributed by atoms with Gasteiger partial charge in [0, 0.05) is 12.8 Å². The molecule has 0 aromatic carbocycles. The summed E-state index contributed by atoms with van der Waals surface area (Å²) in [6.45, 7) is 1.38. The van der Waals surface area contributed by atoms with Gasteiger partial charge in [0.15, 0.2) is 0 Å². The molecular formula is C5H6O2. The van der Waals surface area contributed by atoms with E-state index in [2.05, 4.69) is 16.8 Å². The van der Waals surface area contributed by atoms with E-state index in [1.165, 1.54) is 14.0 Å². The first-order valence-electron chi connectivity index (χ1n) is 1.82. The first kappa shape index (κ1) is 6.03. The summed E-state index contributed by atoms with van der Waals surface area (Å²) in [6.07, 6.45) is 2.15. The van der Waals surface area contributed by atoms with Crippen LogP contribution in [-0.4, -0.2) is 12.9 Å². The van der Waals surface area contributed by atoms with E-state index in [9.17, 15) is 4.79 Å². The first-order chi connectivity index (χ1) is 3.27. The van der Waals surface area contributed by atoms with Gasteiger partial charge in [0.1, 0.15) is 6.11 Å². The fourth-order valence-corrected chi connectivity index (χ4v) is 0.123. The molecule has 0 N–H and O–H groups in total. The van der Waals surface area contributed by atoms with Crippen LogP contribution in [0.15, 0.2) is 0 Å². The second kappa shape index (κ2) is 3.23. The Labute approximate surface area is 42.5 Å². The van der Waals surface area contributed by atoms with Gasteiger partial charge in [-0.3, -0.25) is 4.79 Å². The lowest BCUT2D eigenvalue weighted by Crippen LogP contribution is -1.80. The molecule has 2 nitrogen and oxygen atoms in total. The van der Waals surface area contributed by atoms with E-state index in [0.29, 0.717) is 0 Å². The number of hydrogen-bond donors (Lipinski definition) is 0. The monoisotopic (exact) mass is 98.0 g/mol. The third-order valence-corrected chi connectivity index (χ3v) is 0.329. The highest BCUT2D eigenvalue weighted by Gasteiger charge is 1.75. The van der Waals surface area contributed by atoms with Crippen LogP contribution >= 0.6 is 0 Å². The Morgan fingerprint density at radius 2 is 2.29 bits per heavy atom. The molecule has 38 valence electrons. The van der Waals surface area contributed by atoms with Gasteiger partial charge in [-0.2, -0.15) is 0 Å². The van der Waals surface area contributed by atoms with Crippen molar-refractivity contribution in [2.24, 2.45) is 0 Å². The molecule has 0 rings (SSSR count). The second-order valence-corrected chi connectivity index (χ2v) is 0.987. The molecular weight excluding hydrogens is 92.1 g/mol. The molecule has 2 heteroatoms. The van der Waals surface area contributed by atoms with Crippen LogP contribution in [-0.2, 0) is 9.53 Å². The zero-order chi connectivity index (χ0) is 5.70. The summed E-state index contributed by atoms with van der Waals surface area (Å²) < 4.78 is 4.27. The van der Waals surface area contributed by atoms with Gasteiger partial charge in [-0.1, -0.05) is 0 Å². The maximum Gasteiger partial charge on any atom is 0.205 e. The Balaban J connectivity index is 3.45. The summed E-state index contributed by atoms with van der Waals surface area (Å²) in [7, 11) is 1.41. The summed E-state index contributed by atoms with van der Waals surface area (Å²) in [5.74, 6) is 2.01. The van der Waals surface area contributed by atoms with Gasteiger partial charge in [-0.25, -0.2) is 0 Å². The fourth-order valence-electron chi connectivity index (χ4n) is 0.123. The van der Waals surface area contributed by atoms with Crippen molar-refractivity contribution >= 4 is 5.78 Å². The van der Waals surface area contributed by atoms with E-state index in [4.69, 9.17) is 0 Å². The summed E-state index contributed by atoms with van der Waals surface area (Å²) in [5.41, 5.74) is 0. The highest BCUT2D eigenvalue weighted by Crippen LogP contribution is 1.60. The molecule has 0 saturated heterocycles. The third-order valence-electron chi connectivity index (χ3n) is 0.329. The molecule has 0 aromatic heterocycles. The average molecular weight is 98.1 g/mol. The minimum absolute atomic E-state index is 0.179. The molecule has 0 bridgehead atoms. The van der Waals surface area contributed by atoms with Crippen molar-refractivity contribution in [1.82, 2.24) is 0 Å². The molecule has 0 amide bonds. The normalized spacial score (nSPS) is 6.00. The van der Waals surface area contributed by atoms with Crippen molar-refractivity contribution in [2.45, 2.75) is 6.92 Å². The molecule has 0 atom stereocenters. The van der Waals surface area contributed by atoms with Crippen LogP contribution in [0.1, 0.15) is 6.92 Å². The summed E-state index contributed by atoms with van der Waals surface area (Å²) >= 11 is 0. The molecule has 0 fully saturated rings. The number of hydrogen-bond acceptors (Lipinski definition) is 2. The Morgan fingerprint density at radius 3 is 2.43 bits per heavy atom. The SMILES string of the molecule is COC#CC(C)=O. The van der Waals surface area contributed by atoms with Crippen molar-refractivity contribution in [3.05, 3.63) is 0 Å². The lowest BCUT2D eigenvalue weighted by molar-refractivity contribution is -0.111. The maximum absolute atomic E-state index is 9.95. The van der Waals surface area contributed by atoms with E-state index in [0.717, 1.165) is 0 Å². The number of rotatable bonds is 0. The van der Waals surface area contributed by atoms with Gasteiger partial charge in [-0.05, 0) is 0 Å². The Bertz CT molecular complexity index is 116. The van der Waals surface area contributed by atoms with Crippen LogP contribution in [0.5, 0.6) is 0 Å². The molecule has 0 saturated carbocycles. The van der Waals surface area contributed by atoms with Crippen LogP contribution < -0.4 is 0 Å². The molecule has 0 aliphatic carbocycles. The highest BCUT2D eigenvalue weighted by molar-refractivity contribution is 5.92. The molecule has 0 heterocycles. The largest absolute Gasteiger partial charge is 0.450 e. The van der Waals surface area contributed by atoms with Gasteiger partial charge in [0.25, 0.3) is 0 Å². The van der Waals surface area contributed by atoms with E-state index in [-0.39, 0.29) is 5.78 Å². The molecule has 0 radical (unpaired) electrons. The van der Waals surface area contributed by atoms with Crippen LogP contribution in [0.3, 0.4) is 0 Å². The quantitative estimate of drug-likeness (QED) is 0.404. The molecule has 0 spiro atoms. The molecule has 0 aromatic rings. The van der Waals surface area contributed by atoms with Crippen LogP contribution in [0.4, 0.5) is 0 Å². The van der Waals surface area contributed by atoms with Gasteiger partial charge in [0.05, 0.1) is 7.11 Å². The number of ketones is 1. The molecule has 0 aliphatic heterocycles. The van der Waals surface area contributed by atoms with Gasteiger partial charge >= 0.3 is 0 Å². The average Bonchev–Trinajstić information content (AvgIpc) is 1.61. The molecule has 7 heavy (non-hydrogen) atoms. The zero-order valence-corrected chi connectivity index (χ0v) is 4.32. The van der Waals surface area contributed by atoms with Crippen molar-refractivity contribution < 1.29 is 9.53 Å². The predicted octanol–water partition coefficient (Wildman–Crippen LogP) is 0.183. The predicted molar refractivity (Wildman–Crippen MR) is 25.5 cm³/mol. The summed E-state index contributed by atoms with van der Waals surface area (Å²) in [6, 6.07) is 0. The molecule has 0 unspecified atom stereocenters. The van der Waals surface area contributed by atoms with Crippen LogP contribution in [0, 0.1) is 12.0 Å². The van der Waals surface area contributed by atoms with E-state index in [1.807, 2.05) is 0 Å². The minimum Gasteiger partial charge on any atom is -0.450 e. The van der Waals surface area contributed by atoms with E-state index >= 15 is 0 Å². The van der Waals surface area contributed by atoms with Gasteiger partial charge in [0.2, 0.25) is 5.78 Å². The number of Topliss-reactive ketones (excluding diaryl/α,β-unsaturated/α-hetero) is 1. The number of carbonyl (C=O) groups is 1. The lowest BCUT2D eigenvalue weighted by atomic mass is 10.5. The lowest BCUT2D eigenvalue weighted by Gasteiger charge is -1.72. The van der Waals surface area contributed by atoms with Gasteiger partial charge < -0.3 is 4.74 Å². The standard InChI is InChI=1S/C5H6O2/c1-5(6)3-4-7-2/h1-2H3. The third kappa shape index (κ3) is 5.03. The van der Waals surface area contributed by atoms with E-state index < -0.39 is 0 Å². The first-order valence-corrected chi connectivity index (χ1v) is 1.82. The van der Waals surface area contributed by atoms with Gasteiger partial charge in [-0.15, -0.1) is 0 Å². The highest BCUT2D eigenvalue weighted by atomic mass is 16.5. The van der Waals surface area contributed by atoms with Crippen molar-refractivity contribution in [3.63, 3.8) is 0 Å². The smallest absolute Gasteiger partial charge is 0.205 e. The van der Waals surface area contributed by atoms with Crippen molar-refractivity contribution in [1.29, 1.82) is 0 Å². The topological polar surface area (TPSA) is 26.3 Å². The fraction of sp³-hybridized carbons (Fsp3) is 0.400. The zero-order valence-electron chi connectivity index (χ0n) is 4.32. The number of ether oxygens (including phenoxy) is 1. The number of carbonyl (C=O) groups excluding carboxylic acids is 1. The Kier molecular flexibility index (Phi) is 2.78. The van der Waals surface area contributed by atoms with E-state index in [1.54, 1.807) is 0 Å². The summed E-state index contributed by atoms with van der Waals surface area (Å²) in [5, 5.41) is 0. The second-order valence-electron chi connectivity index (χ2n) is 0.987. The van der Waals surface area contributed by atoms with Crippen molar-refractivity contribution in [2.75, 3.05) is 7.11 Å². The minimum atomic E-state index is -0.179. The Morgan fingerprint density at radius 1 is 1.71 bits per heavy atom. The maximum atomic E-state index is 9.95. The van der Waals surface area contributed by atoms with Crippen molar-refractivity contribution in [3.8, 4) is 12.0 Å². The molecule has 0 aliphatic rings. The summed E-state index contributed by atoms with van der Waals surface area (Å²) in [4.78, 5) is 9.95.